The Hall–Kier alpha value is -2.94. The Kier molecular flexibility index (Phi) is 7.50. The Morgan fingerprint density at radius 3 is 2.56 bits per heavy atom. The van der Waals surface area contributed by atoms with Gasteiger partial charge in [-0.25, -0.2) is 4.79 Å². The van der Waals surface area contributed by atoms with Crippen molar-refractivity contribution in [3.8, 4) is 0 Å². The number of nitrogens with two attached hydrogens (primary N) is 1. The number of aromatic nitrogens is 2. The van der Waals surface area contributed by atoms with Crippen molar-refractivity contribution in [2.24, 2.45) is 18.7 Å². The number of carbonyl (C=O) groups is 3. The summed E-state index contributed by atoms with van der Waals surface area (Å²) < 4.78 is 3.07. The Bertz CT molecular complexity index is 1130. The largest absolute Gasteiger partial charge is 0.356 e. The normalized spacial score (nSPS) is 23.2. The predicted molar refractivity (Wildman–Crippen MR) is 129 cm³/mol. The number of hydrogen-bond donors (Lipinski definition) is 3. The molecule has 1 saturated heterocycles. The standard InChI is InChI=1S/C25H35N5O4/c1-29-21-15-16(5-3-2-4-14-27-23(32)17-7-9-18(26)10-8-17)6-11-19(21)30(25(29)34)20-12-13-22(31)28-24(20)33/h6,11,15,17-18,20H,2-5,7-10,12-14,26H2,1H3,(H,27,32)(H,28,31,33). The van der Waals surface area contributed by atoms with Crippen LogP contribution in [0.15, 0.2) is 23.0 Å². The number of nitrogens with zero attached hydrogens (tertiary/aromatic N) is 2. The average Bonchev–Trinajstić information content (AvgIpc) is 3.06. The number of fused-ring (bicyclic) bond motifs is 1. The van der Waals surface area contributed by atoms with Gasteiger partial charge in [-0.2, -0.15) is 0 Å². The number of nitrogens with one attached hydrogen (secondary N) is 2. The molecule has 34 heavy (non-hydrogen) atoms. The van der Waals surface area contributed by atoms with Crippen LogP contribution in [0.4, 0.5) is 0 Å². The van der Waals surface area contributed by atoms with Gasteiger partial charge in [0.1, 0.15) is 6.04 Å². The van der Waals surface area contributed by atoms with Gasteiger partial charge in [-0.1, -0.05) is 12.5 Å². The summed E-state index contributed by atoms with van der Waals surface area (Å²) >= 11 is 0. The summed E-state index contributed by atoms with van der Waals surface area (Å²) in [5.41, 5.74) is 8.28. The van der Waals surface area contributed by atoms with Gasteiger partial charge in [-0.15, -0.1) is 0 Å². The third-order valence-corrected chi connectivity index (χ3v) is 7.26. The van der Waals surface area contributed by atoms with E-state index in [9.17, 15) is 19.2 Å². The molecule has 2 aromatic rings. The second-order valence-corrected chi connectivity index (χ2v) is 9.71. The summed E-state index contributed by atoms with van der Waals surface area (Å²) in [5.74, 6) is -0.436. The van der Waals surface area contributed by atoms with Gasteiger partial charge in [0.2, 0.25) is 17.7 Å². The van der Waals surface area contributed by atoms with Gasteiger partial charge in [0, 0.05) is 32.0 Å². The lowest BCUT2D eigenvalue weighted by atomic mass is 9.86. The van der Waals surface area contributed by atoms with E-state index >= 15 is 0 Å². The summed E-state index contributed by atoms with van der Waals surface area (Å²) in [6.07, 6.45) is 8.02. The molecule has 4 rings (SSSR count). The van der Waals surface area contributed by atoms with Crippen molar-refractivity contribution < 1.29 is 14.4 Å². The molecule has 1 aromatic carbocycles. The fraction of sp³-hybridized carbons (Fsp3) is 0.600. The Morgan fingerprint density at radius 2 is 1.82 bits per heavy atom. The molecule has 1 aliphatic heterocycles. The third-order valence-electron chi connectivity index (χ3n) is 7.26. The fourth-order valence-electron chi connectivity index (χ4n) is 5.16. The lowest BCUT2D eigenvalue weighted by Gasteiger charge is -2.25. The molecule has 2 fully saturated rings. The third kappa shape index (κ3) is 5.24. The molecule has 1 aliphatic carbocycles. The summed E-state index contributed by atoms with van der Waals surface area (Å²) in [4.78, 5) is 48.9. The summed E-state index contributed by atoms with van der Waals surface area (Å²) in [6, 6.07) is 5.49. The minimum absolute atomic E-state index is 0.116. The Morgan fingerprint density at radius 1 is 1.06 bits per heavy atom. The molecule has 4 N–H and O–H groups in total. The van der Waals surface area contributed by atoms with Gasteiger partial charge in [-0.05, 0) is 69.1 Å². The minimum atomic E-state index is -0.666. The smallest absolute Gasteiger partial charge is 0.329 e. The average molecular weight is 470 g/mol. The van der Waals surface area contributed by atoms with Crippen molar-refractivity contribution in [3.63, 3.8) is 0 Å². The first-order chi connectivity index (χ1) is 16.3. The first kappa shape index (κ1) is 24.2. The number of benzene rings is 1. The van der Waals surface area contributed by atoms with E-state index in [1.54, 1.807) is 11.6 Å². The van der Waals surface area contributed by atoms with Gasteiger partial charge in [-0.3, -0.25) is 28.8 Å². The lowest BCUT2D eigenvalue weighted by Crippen LogP contribution is -2.44. The molecule has 0 spiro atoms. The molecule has 2 heterocycles. The number of carbonyl (C=O) groups excluding carboxylic acids is 3. The molecule has 3 amide bonds. The second-order valence-electron chi connectivity index (χ2n) is 9.71. The van der Waals surface area contributed by atoms with E-state index in [1.165, 1.54) is 4.57 Å². The summed E-state index contributed by atoms with van der Waals surface area (Å²) in [5, 5.41) is 5.40. The number of imide groups is 1. The highest BCUT2D eigenvalue weighted by Gasteiger charge is 2.31. The van der Waals surface area contributed by atoms with Crippen LogP contribution >= 0.6 is 0 Å². The highest BCUT2D eigenvalue weighted by atomic mass is 16.2. The van der Waals surface area contributed by atoms with E-state index < -0.39 is 11.9 Å². The molecule has 1 atom stereocenters. The molecule has 2 aliphatic rings. The first-order valence-electron chi connectivity index (χ1n) is 12.4. The maximum absolute atomic E-state index is 12.9. The van der Waals surface area contributed by atoms with E-state index in [1.807, 2.05) is 18.2 Å². The van der Waals surface area contributed by atoms with Crippen LogP contribution < -0.4 is 22.1 Å². The number of piperidine rings is 1. The Balaban J connectivity index is 1.29. The highest BCUT2D eigenvalue weighted by molar-refractivity contribution is 6.00. The minimum Gasteiger partial charge on any atom is -0.356 e. The van der Waals surface area contributed by atoms with Crippen molar-refractivity contribution in [3.05, 3.63) is 34.2 Å². The Labute approximate surface area is 199 Å². The van der Waals surface area contributed by atoms with Crippen molar-refractivity contribution in [1.82, 2.24) is 19.8 Å². The first-order valence-corrected chi connectivity index (χ1v) is 12.4. The number of amides is 3. The molecule has 184 valence electrons. The van der Waals surface area contributed by atoms with Crippen molar-refractivity contribution in [2.45, 2.75) is 76.3 Å². The van der Waals surface area contributed by atoms with Crippen molar-refractivity contribution in [2.75, 3.05) is 6.54 Å². The lowest BCUT2D eigenvalue weighted by molar-refractivity contribution is -0.135. The topological polar surface area (TPSA) is 128 Å². The van der Waals surface area contributed by atoms with Gasteiger partial charge in [0.25, 0.3) is 0 Å². The van der Waals surface area contributed by atoms with E-state index in [-0.39, 0.29) is 35.9 Å². The molecule has 0 bridgehead atoms. The van der Waals surface area contributed by atoms with Gasteiger partial charge in [0.05, 0.1) is 11.0 Å². The van der Waals surface area contributed by atoms with Crippen LogP contribution in [0.5, 0.6) is 0 Å². The fourth-order valence-corrected chi connectivity index (χ4v) is 5.16. The molecule has 1 unspecified atom stereocenters. The summed E-state index contributed by atoms with van der Waals surface area (Å²) in [7, 11) is 1.71. The van der Waals surface area contributed by atoms with E-state index in [0.29, 0.717) is 18.5 Å². The van der Waals surface area contributed by atoms with Crippen molar-refractivity contribution >= 4 is 28.8 Å². The molecule has 1 saturated carbocycles. The number of hydrogen-bond acceptors (Lipinski definition) is 5. The zero-order valence-electron chi connectivity index (χ0n) is 19.8. The zero-order chi connectivity index (χ0) is 24.2. The summed E-state index contributed by atoms with van der Waals surface area (Å²) in [6.45, 7) is 0.698. The quantitative estimate of drug-likeness (QED) is 0.400. The molecule has 0 radical (unpaired) electrons. The van der Waals surface area contributed by atoms with Crippen LogP contribution in [0.3, 0.4) is 0 Å². The maximum Gasteiger partial charge on any atom is 0.329 e. The highest BCUT2D eigenvalue weighted by Crippen LogP contribution is 2.25. The maximum atomic E-state index is 12.9. The number of rotatable bonds is 8. The molecular formula is C25H35N5O4. The van der Waals surface area contributed by atoms with Crippen LogP contribution in [0, 0.1) is 5.92 Å². The van der Waals surface area contributed by atoms with Crippen LogP contribution in [-0.2, 0) is 27.9 Å². The molecular weight excluding hydrogens is 434 g/mol. The van der Waals surface area contributed by atoms with Crippen LogP contribution in [0.2, 0.25) is 0 Å². The molecule has 1 aromatic heterocycles. The number of imidazole rings is 1. The molecule has 9 nitrogen and oxygen atoms in total. The van der Waals surface area contributed by atoms with Gasteiger partial charge >= 0.3 is 5.69 Å². The number of aryl methyl sites for hydroxylation is 2. The second kappa shape index (κ2) is 10.5. The monoisotopic (exact) mass is 469 g/mol. The molecule has 9 heteroatoms. The number of unbranched alkanes of at least 4 members (excludes halogenated alkanes) is 2. The van der Waals surface area contributed by atoms with Gasteiger partial charge in [0.15, 0.2) is 0 Å². The van der Waals surface area contributed by atoms with E-state index in [0.717, 1.165) is 62.4 Å². The van der Waals surface area contributed by atoms with E-state index in [2.05, 4.69) is 10.6 Å². The van der Waals surface area contributed by atoms with Crippen LogP contribution in [-0.4, -0.2) is 39.4 Å². The zero-order valence-corrected chi connectivity index (χ0v) is 19.8. The van der Waals surface area contributed by atoms with Crippen LogP contribution in [0.25, 0.3) is 11.0 Å². The predicted octanol–water partition coefficient (Wildman–Crippen LogP) is 1.66. The van der Waals surface area contributed by atoms with Crippen LogP contribution in [0.1, 0.15) is 69.4 Å². The van der Waals surface area contributed by atoms with Gasteiger partial charge < -0.3 is 11.1 Å². The van der Waals surface area contributed by atoms with Crippen molar-refractivity contribution in [1.29, 1.82) is 0 Å². The SMILES string of the molecule is Cn1c(=O)n(C2CCC(=O)NC2=O)c2ccc(CCCCCNC(=O)C3CCC(N)CC3)cc21. The van der Waals surface area contributed by atoms with E-state index in [4.69, 9.17) is 5.73 Å².